The van der Waals surface area contributed by atoms with Crippen molar-refractivity contribution < 1.29 is 13.2 Å². The number of aromatic nitrogens is 3. The SMILES string of the molecule is C#CCN(C)Cc1nnc2n1-c1ccc(C(F)(F)F)cc1C(c1ccccc1)=NC2. The minimum atomic E-state index is -4.46. The molecule has 0 amide bonds. The van der Waals surface area contributed by atoms with Gasteiger partial charge < -0.3 is 0 Å². The summed E-state index contributed by atoms with van der Waals surface area (Å²) in [5.41, 5.74) is 1.45. The van der Waals surface area contributed by atoms with E-state index in [0.29, 0.717) is 41.7 Å². The third kappa shape index (κ3) is 3.72. The van der Waals surface area contributed by atoms with Crippen LogP contribution in [0.4, 0.5) is 13.2 Å². The highest BCUT2D eigenvalue weighted by atomic mass is 19.4. The van der Waals surface area contributed by atoms with Crippen molar-refractivity contribution in [1.82, 2.24) is 19.7 Å². The highest BCUT2D eigenvalue weighted by molar-refractivity contribution is 6.15. The first-order chi connectivity index (χ1) is 14.4. The molecule has 0 saturated carbocycles. The molecular formula is C22H18F3N5. The molecule has 0 radical (unpaired) electrons. The quantitative estimate of drug-likeness (QED) is 0.618. The third-order valence-corrected chi connectivity index (χ3v) is 4.82. The van der Waals surface area contributed by atoms with Gasteiger partial charge in [0, 0.05) is 11.1 Å². The highest BCUT2D eigenvalue weighted by Crippen LogP contribution is 2.34. The first kappa shape index (κ1) is 19.9. The normalized spacial score (nSPS) is 13.3. The number of alkyl halides is 3. The Morgan fingerprint density at radius 3 is 2.60 bits per heavy atom. The van der Waals surface area contributed by atoms with Crippen LogP contribution in [0.25, 0.3) is 5.69 Å². The average Bonchev–Trinajstić information content (AvgIpc) is 3.02. The van der Waals surface area contributed by atoms with Crippen molar-refractivity contribution in [3.8, 4) is 18.0 Å². The van der Waals surface area contributed by atoms with Gasteiger partial charge >= 0.3 is 6.18 Å². The van der Waals surface area contributed by atoms with Crippen molar-refractivity contribution in [3.05, 3.63) is 76.9 Å². The second kappa shape index (κ2) is 7.76. The number of fused-ring (bicyclic) bond motifs is 3. The fourth-order valence-electron chi connectivity index (χ4n) is 3.46. The maximum Gasteiger partial charge on any atom is 0.416 e. The summed E-state index contributed by atoms with van der Waals surface area (Å²) in [6.45, 7) is 1.01. The maximum absolute atomic E-state index is 13.5. The van der Waals surface area contributed by atoms with Gasteiger partial charge in [-0.05, 0) is 25.2 Å². The van der Waals surface area contributed by atoms with Crippen LogP contribution >= 0.6 is 0 Å². The Kier molecular flexibility index (Phi) is 5.14. The lowest BCUT2D eigenvalue weighted by molar-refractivity contribution is -0.137. The van der Waals surface area contributed by atoms with Crippen molar-refractivity contribution >= 4 is 5.71 Å². The van der Waals surface area contributed by atoms with E-state index in [0.717, 1.165) is 17.7 Å². The molecule has 0 N–H and O–H groups in total. The standard InChI is InChI=1S/C22H18F3N5/c1-3-11-29(2)14-20-28-27-19-13-26-21(15-7-5-4-6-8-15)17-12-16(22(23,24)25)9-10-18(17)30(19)20/h1,4-10,12H,11,13-14H2,2H3. The molecule has 2 heterocycles. The molecule has 0 atom stereocenters. The first-order valence-electron chi connectivity index (χ1n) is 9.25. The molecule has 152 valence electrons. The summed E-state index contributed by atoms with van der Waals surface area (Å²) in [4.78, 5) is 6.49. The molecular weight excluding hydrogens is 391 g/mol. The molecule has 0 saturated heterocycles. The fourth-order valence-corrected chi connectivity index (χ4v) is 3.46. The van der Waals surface area contributed by atoms with Crippen LogP contribution in [0, 0.1) is 12.3 Å². The predicted molar refractivity (Wildman–Crippen MR) is 107 cm³/mol. The van der Waals surface area contributed by atoms with E-state index in [1.54, 1.807) is 4.57 Å². The van der Waals surface area contributed by atoms with Gasteiger partial charge in [0.2, 0.25) is 0 Å². The molecule has 3 aromatic rings. The number of nitrogens with zero attached hydrogens (tertiary/aromatic N) is 5. The zero-order valence-electron chi connectivity index (χ0n) is 16.2. The molecule has 0 bridgehead atoms. The smallest absolute Gasteiger partial charge is 0.288 e. The van der Waals surface area contributed by atoms with E-state index in [-0.39, 0.29) is 6.54 Å². The summed E-state index contributed by atoms with van der Waals surface area (Å²) in [5, 5.41) is 8.47. The summed E-state index contributed by atoms with van der Waals surface area (Å²) in [7, 11) is 1.84. The number of rotatable bonds is 4. The van der Waals surface area contributed by atoms with Gasteiger partial charge in [-0.2, -0.15) is 13.2 Å². The minimum Gasteiger partial charge on any atom is -0.288 e. The number of hydrogen-bond acceptors (Lipinski definition) is 4. The van der Waals surface area contributed by atoms with Crippen molar-refractivity contribution in [1.29, 1.82) is 0 Å². The van der Waals surface area contributed by atoms with E-state index >= 15 is 0 Å². The van der Waals surface area contributed by atoms with Gasteiger partial charge in [-0.15, -0.1) is 16.6 Å². The summed E-state index contributed by atoms with van der Waals surface area (Å²) < 4.78 is 42.2. The lowest BCUT2D eigenvalue weighted by Gasteiger charge is -2.18. The van der Waals surface area contributed by atoms with E-state index in [9.17, 15) is 13.2 Å². The van der Waals surface area contributed by atoms with Crippen LogP contribution < -0.4 is 0 Å². The van der Waals surface area contributed by atoms with Crippen molar-refractivity contribution in [2.24, 2.45) is 4.99 Å². The second-order valence-electron chi connectivity index (χ2n) is 7.00. The van der Waals surface area contributed by atoms with Crippen molar-refractivity contribution in [3.63, 3.8) is 0 Å². The van der Waals surface area contributed by atoms with Crippen LogP contribution in [0.3, 0.4) is 0 Å². The van der Waals surface area contributed by atoms with E-state index < -0.39 is 11.7 Å². The Bertz CT molecular complexity index is 1140. The molecule has 30 heavy (non-hydrogen) atoms. The van der Waals surface area contributed by atoms with Crippen LogP contribution in [0.5, 0.6) is 0 Å². The van der Waals surface area contributed by atoms with Crippen LogP contribution in [-0.2, 0) is 19.3 Å². The molecule has 1 aromatic heterocycles. The molecule has 0 aliphatic carbocycles. The van der Waals surface area contributed by atoms with E-state index in [2.05, 4.69) is 21.1 Å². The van der Waals surface area contributed by atoms with Crippen LogP contribution in [0.2, 0.25) is 0 Å². The maximum atomic E-state index is 13.5. The Morgan fingerprint density at radius 2 is 1.90 bits per heavy atom. The lowest BCUT2D eigenvalue weighted by Crippen LogP contribution is -2.21. The summed E-state index contributed by atoms with van der Waals surface area (Å²) in [6.07, 6.45) is 0.915. The van der Waals surface area contributed by atoms with Gasteiger partial charge in [0.1, 0.15) is 6.54 Å². The Labute approximate surface area is 171 Å². The van der Waals surface area contributed by atoms with Gasteiger partial charge in [0.05, 0.1) is 30.1 Å². The molecule has 0 unspecified atom stereocenters. The molecule has 1 aliphatic heterocycles. The number of hydrogen-bond donors (Lipinski definition) is 0. The molecule has 0 spiro atoms. The van der Waals surface area contributed by atoms with E-state index in [4.69, 9.17) is 6.42 Å². The zero-order valence-corrected chi connectivity index (χ0v) is 16.2. The lowest BCUT2D eigenvalue weighted by atomic mass is 9.98. The third-order valence-electron chi connectivity index (χ3n) is 4.82. The number of benzene rings is 2. The van der Waals surface area contributed by atoms with Crippen LogP contribution in [-0.4, -0.2) is 39.0 Å². The largest absolute Gasteiger partial charge is 0.416 e. The van der Waals surface area contributed by atoms with Gasteiger partial charge in [0.25, 0.3) is 0 Å². The molecule has 4 rings (SSSR count). The topological polar surface area (TPSA) is 46.3 Å². The summed E-state index contributed by atoms with van der Waals surface area (Å²) >= 11 is 0. The van der Waals surface area contributed by atoms with Crippen LogP contribution in [0.15, 0.2) is 53.5 Å². The van der Waals surface area contributed by atoms with E-state index in [1.165, 1.54) is 6.07 Å². The highest BCUT2D eigenvalue weighted by Gasteiger charge is 2.33. The first-order valence-corrected chi connectivity index (χ1v) is 9.25. The molecule has 8 heteroatoms. The van der Waals surface area contributed by atoms with Crippen LogP contribution in [0.1, 0.15) is 28.3 Å². The summed E-state index contributed by atoms with van der Waals surface area (Å²) in [6, 6.07) is 12.8. The second-order valence-corrected chi connectivity index (χ2v) is 7.00. The monoisotopic (exact) mass is 409 g/mol. The summed E-state index contributed by atoms with van der Waals surface area (Å²) in [5.74, 6) is 3.72. The van der Waals surface area contributed by atoms with E-state index in [1.807, 2.05) is 42.3 Å². The Morgan fingerprint density at radius 1 is 1.13 bits per heavy atom. The molecule has 5 nitrogen and oxygen atoms in total. The average molecular weight is 409 g/mol. The molecule has 2 aromatic carbocycles. The molecule has 0 fully saturated rings. The molecule has 1 aliphatic rings. The van der Waals surface area contributed by atoms with Crippen molar-refractivity contribution in [2.75, 3.05) is 13.6 Å². The number of aliphatic imine (C=N–C) groups is 1. The number of terminal acetylenes is 1. The van der Waals surface area contributed by atoms with Crippen molar-refractivity contribution in [2.45, 2.75) is 19.3 Å². The Balaban J connectivity index is 1.90. The predicted octanol–water partition coefficient (Wildman–Crippen LogP) is 3.70. The minimum absolute atomic E-state index is 0.201. The fraction of sp³-hybridized carbons (Fsp3) is 0.227. The number of halogens is 3. The van der Waals surface area contributed by atoms with Gasteiger partial charge in [-0.3, -0.25) is 14.5 Å². The van der Waals surface area contributed by atoms with Gasteiger partial charge in [-0.1, -0.05) is 36.3 Å². The Hall–Kier alpha value is -3.44. The zero-order chi connectivity index (χ0) is 21.3. The van der Waals surface area contributed by atoms with Gasteiger partial charge in [0.15, 0.2) is 11.6 Å². The van der Waals surface area contributed by atoms with Gasteiger partial charge in [-0.25, -0.2) is 0 Å².